The summed E-state index contributed by atoms with van der Waals surface area (Å²) in [5.74, 6) is -0.660. The van der Waals surface area contributed by atoms with Gasteiger partial charge in [-0.2, -0.15) is 0 Å². The summed E-state index contributed by atoms with van der Waals surface area (Å²) >= 11 is 0. The third-order valence-electron chi connectivity index (χ3n) is 2.26. The second-order valence-electron chi connectivity index (χ2n) is 5.53. The zero-order valence-electron chi connectivity index (χ0n) is 12.1. The second-order valence-corrected chi connectivity index (χ2v) is 5.53. The van der Waals surface area contributed by atoms with Gasteiger partial charge in [0.25, 0.3) is 5.91 Å². The van der Waals surface area contributed by atoms with Gasteiger partial charge >= 0.3 is 12.1 Å². The van der Waals surface area contributed by atoms with Gasteiger partial charge in [0.1, 0.15) is 11.1 Å². The lowest BCUT2D eigenvalue weighted by molar-refractivity contribution is -0.126. The molecule has 0 aromatic carbocycles. The van der Waals surface area contributed by atoms with E-state index in [0.29, 0.717) is 12.8 Å². The fourth-order valence-electron chi connectivity index (χ4n) is 1.51. The maximum atomic E-state index is 11.9. The van der Waals surface area contributed by atoms with E-state index in [1.54, 1.807) is 20.8 Å². The van der Waals surface area contributed by atoms with Gasteiger partial charge in [-0.25, -0.2) is 9.59 Å². The van der Waals surface area contributed by atoms with Crippen molar-refractivity contribution in [3.05, 3.63) is 0 Å². The Kier molecular flexibility index (Phi) is 5.80. The molecule has 0 rings (SSSR count). The van der Waals surface area contributed by atoms with E-state index in [9.17, 15) is 14.4 Å². The van der Waals surface area contributed by atoms with Crippen molar-refractivity contribution in [3.8, 4) is 0 Å². The Balaban J connectivity index is 4.84. The first-order valence-electron chi connectivity index (χ1n) is 6.12. The highest BCUT2D eigenvalue weighted by molar-refractivity contribution is 5.99. The topological polar surface area (TPSA) is 111 Å². The molecule has 0 aromatic heterocycles. The van der Waals surface area contributed by atoms with Crippen LogP contribution < -0.4 is 16.4 Å². The molecule has 0 heterocycles. The van der Waals surface area contributed by atoms with Crippen molar-refractivity contribution < 1.29 is 19.1 Å². The second kappa shape index (κ2) is 6.40. The number of ether oxygens (including phenoxy) is 1. The Hall–Kier alpha value is -1.79. The van der Waals surface area contributed by atoms with Crippen molar-refractivity contribution in [2.45, 2.75) is 58.6 Å². The molecule has 7 nitrogen and oxygen atoms in total. The summed E-state index contributed by atoms with van der Waals surface area (Å²) in [6, 6.07) is -0.960. The Labute approximate surface area is 113 Å². The average molecular weight is 273 g/mol. The largest absolute Gasteiger partial charge is 0.444 e. The van der Waals surface area contributed by atoms with Crippen LogP contribution in [0.25, 0.3) is 0 Å². The molecular weight excluding hydrogens is 250 g/mol. The van der Waals surface area contributed by atoms with E-state index < -0.39 is 29.2 Å². The van der Waals surface area contributed by atoms with Crippen molar-refractivity contribution in [2.24, 2.45) is 5.73 Å². The average Bonchev–Trinajstić information content (AvgIpc) is 2.12. The Morgan fingerprint density at radius 3 is 2.05 bits per heavy atom. The van der Waals surface area contributed by atoms with Crippen LogP contribution in [0.3, 0.4) is 0 Å². The molecule has 0 aromatic rings. The summed E-state index contributed by atoms with van der Waals surface area (Å²) in [7, 11) is 0. The highest BCUT2D eigenvalue weighted by Gasteiger charge is 2.36. The number of carbonyl (C=O) groups excluding carboxylic acids is 3. The lowest BCUT2D eigenvalue weighted by Crippen LogP contribution is -2.59. The molecule has 0 saturated carbocycles. The van der Waals surface area contributed by atoms with Gasteiger partial charge in [-0.15, -0.1) is 0 Å². The van der Waals surface area contributed by atoms with E-state index in [1.165, 1.54) is 6.92 Å². The zero-order valence-corrected chi connectivity index (χ0v) is 12.1. The SMILES string of the molecule is CCCC(C)(NC(=O)OC(C)(C)C)C(=O)NC(N)=O. The quantitative estimate of drug-likeness (QED) is 0.716. The summed E-state index contributed by atoms with van der Waals surface area (Å²) < 4.78 is 5.09. The fourth-order valence-corrected chi connectivity index (χ4v) is 1.51. The van der Waals surface area contributed by atoms with Crippen molar-refractivity contribution in [1.82, 2.24) is 10.6 Å². The molecule has 1 unspecified atom stereocenters. The first kappa shape index (κ1) is 17.2. The molecule has 19 heavy (non-hydrogen) atoms. The minimum Gasteiger partial charge on any atom is -0.444 e. The first-order valence-corrected chi connectivity index (χ1v) is 6.12. The van der Waals surface area contributed by atoms with Crippen LogP contribution in [0.5, 0.6) is 0 Å². The van der Waals surface area contributed by atoms with Crippen LogP contribution >= 0.6 is 0 Å². The third-order valence-corrected chi connectivity index (χ3v) is 2.26. The molecule has 4 amide bonds. The van der Waals surface area contributed by atoms with Crippen LogP contribution in [0.4, 0.5) is 9.59 Å². The van der Waals surface area contributed by atoms with Crippen LogP contribution in [-0.2, 0) is 9.53 Å². The first-order chi connectivity index (χ1) is 8.50. The van der Waals surface area contributed by atoms with Gasteiger partial charge in [-0.1, -0.05) is 13.3 Å². The van der Waals surface area contributed by atoms with Gasteiger partial charge in [0.2, 0.25) is 0 Å². The summed E-state index contributed by atoms with van der Waals surface area (Å²) in [5, 5.41) is 4.44. The lowest BCUT2D eigenvalue weighted by Gasteiger charge is -2.30. The predicted octanol–water partition coefficient (Wildman–Crippen LogP) is 1.26. The molecule has 1 atom stereocenters. The van der Waals surface area contributed by atoms with Crippen LogP contribution in [-0.4, -0.2) is 29.2 Å². The number of rotatable bonds is 4. The Bertz CT molecular complexity index is 362. The summed E-state index contributed by atoms with van der Waals surface area (Å²) in [5.41, 5.74) is 2.99. The molecule has 0 fully saturated rings. The number of hydrogen-bond acceptors (Lipinski definition) is 4. The monoisotopic (exact) mass is 273 g/mol. The van der Waals surface area contributed by atoms with Crippen molar-refractivity contribution in [3.63, 3.8) is 0 Å². The standard InChI is InChI=1S/C12H23N3O4/c1-6-7-12(5,8(16)14-9(13)17)15-10(18)19-11(2,3)4/h6-7H2,1-5H3,(H,15,18)(H3,13,14,16,17). The van der Waals surface area contributed by atoms with Crippen LogP contribution in [0, 0.1) is 0 Å². The molecule has 0 aliphatic heterocycles. The summed E-state index contributed by atoms with van der Waals surface area (Å²) in [6.07, 6.45) is 0.271. The number of nitrogens with two attached hydrogens (primary N) is 1. The number of nitrogens with one attached hydrogen (secondary N) is 2. The van der Waals surface area contributed by atoms with Gasteiger partial charge in [-0.3, -0.25) is 10.1 Å². The summed E-state index contributed by atoms with van der Waals surface area (Å²) in [6.45, 7) is 8.51. The highest BCUT2D eigenvalue weighted by Crippen LogP contribution is 2.15. The number of amides is 4. The molecular formula is C12H23N3O4. The van der Waals surface area contributed by atoms with Crippen molar-refractivity contribution in [1.29, 1.82) is 0 Å². The van der Waals surface area contributed by atoms with Crippen LogP contribution in [0.15, 0.2) is 0 Å². The fraction of sp³-hybridized carbons (Fsp3) is 0.750. The number of primary amides is 1. The predicted molar refractivity (Wildman–Crippen MR) is 70.4 cm³/mol. The molecule has 0 aliphatic carbocycles. The van der Waals surface area contributed by atoms with Gasteiger partial charge < -0.3 is 15.8 Å². The smallest absolute Gasteiger partial charge is 0.408 e. The minimum atomic E-state index is -1.24. The van der Waals surface area contributed by atoms with Crippen molar-refractivity contribution >= 4 is 18.0 Å². The molecule has 0 aliphatic rings. The van der Waals surface area contributed by atoms with Crippen LogP contribution in [0.2, 0.25) is 0 Å². The Morgan fingerprint density at radius 1 is 1.16 bits per heavy atom. The lowest BCUT2D eigenvalue weighted by atomic mass is 9.95. The van der Waals surface area contributed by atoms with E-state index in [2.05, 4.69) is 5.32 Å². The van der Waals surface area contributed by atoms with E-state index in [0.717, 1.165) is 0 Å². The third kappa shape index (κ3) is 6.64. The molecule has 4 N–H and O–H groups in total. The normalized spacial score (nSPS) is 14.2. The number of urea groups is 1. The molecule has 0 radical (unpaired) electrons. The van der Waals surface area contributed by atoms with Gasteiger partial charge in [0.05, 0.1) is 0 Å². The molecule has 110 valence electrons. The maximum absolute atomic E-state index is 11.9. The van der Waals surface area contributed by atoms with E-state index in [-0.39, 0.29) is 0 Å². The Morgan fingerprint density at radius 2 is 1.68 bits per heavy atom. The molecule has 0 bridgehead atoms. The van der Waals surface area contributed by atoms with Gasteiger partial charge in [0.15, 0.2) is 0 Å². The maximum Gasteiger partial charge on any atom is 0.408 e. The number of imide groups is 1. The highest BCUT2D eigenvalue weighted by atomic mass is 16.6. The number of carbonyl (C=O) groups is 3. The summed E-state index contributed by atoms with van der Waals surface area (Å²) in [4.78, 5) is 34.3. The van der Waals surface area contributed by atoms with Crippen molar-refractivity contribution in [2.75, 3.05) is 0 Å². The van der Waals surface area contributed by atoms with E-state index in [4.69, 9.17) is 10.5 Å². The van der Waals surface area contributed by atoms with E-state index in [1.807, 2.05) is 12.2 Å². The van der Waals surface area contributed by atoms with Crippen LogP contribution in [0.1, 0.15) is 47.5 Å². The van der Waals surface area contributed by atoms with E-state index >= 15 is 0 Å². The van der Waals surface area contributed by atoms with Gasteiger partial charge in [0, 0.05) is 0 Å². The van der Waals surface area contributed by atoms with Gasteiger partial charge in [-0.05, 0) is 34.1 Å². The number of hydrogen-bond donors (Lipinski definition) is 3. The molecule has 0 spiro atoms. The molecule has 7 heteroatoms. The number of alkyl carbamates (subject to hydrolysis) is 1. The zero-order chi connectivity index (χ0) is 15.3. The molecule has 0 saturated heterocycles. The minimum absolute atomic E-state index is 0.353.